The van der Waals surface area contributed by atoms with E-state index in [0.29, 0.717) is 5.82 Å². The molecule has 2 heterocycles. The smallest absolute Gasteiger partial charge is 0.373 e. The van der Waals surface area contributed by atoms with Crippen LogP contribution >= 0.6 is 11.8 Å². The number of alkyl halides is 3. The van der Waals surface area contributed by atoms with Crippen LogP contribution in [0.4, 0.5) is 29.5 Å². The van der Waals surface area contributed by atoms with E-state index in [-0.39, 0.29) is 28.3 Å². The van der Waals surface area contributed by atoms with Crippen LogP contribution in [-0.4, -0.2) is 35.5 Å². The lowest BCUT2D eigenvalue weighted by Gasteiger charge is -2.21. The number of pyridine rings is 1. The number of fused-ring (bicyclic) bond motifs is 1. The zero-order valence-corrected chi connectivity index (χ0v) is 17.9. The Morgan fingerprint density at radius 1 is 1.12 bits per heavy atom. The number of halogens is 3. The summed E-state index contributed by atoms with van der Waals surface area (Å²) in [4.78, 5) is 31.2. The Morgan fingerprint density at radius 3 is 2.47 bits per heavy atom. The second-order valence-electron chi connectivity index (χ2n) is 7.30. The Balaban J connectivity index is 1.63. The van der Waals surface area contributed by atoms with Crippen LogP contribution in [0, 0.1) is 0 Å². The van der Waals surface area contributed by atoms with Gasteiger partial charge in [-0.05, 0) is 53.7 Å². The predicted octanol–water partition coefficient (Wildman–Crippen LogP) is 5.12. The Labute approximate surface area is 186 Å². The summed E-state index contributed by atoms with van der Waals surface area (Å²) in [5.41, 5.74) is -2.60. The molecule has 1 saturated heterocycles. The Morgan fingerprint density at radius 2 is 1.81 bits per heavy atom. The molecule has 0 radical (unpaired) electrons. The van der Waals surface area contributed by atoms with Crippen LogP contribution in [-0.2, 0) is 4.79 Å². The molecule has 0 bridgehead atoms. The number of nitrogens with one attached hydrogen (secondary N) is 2. The number of carbonyl (C=O) groups is 2. The van der Waals surface area contributed by atoms with Crippen molar-refractivity contribution in [2.45, 2.75) is 29.3 Å². The lowest BCUT2D eigenvalue weighted by molar-refractivity contribution is -0.118. The summed E-state index contributed by atoms with van der Waals surface area (Å²) in [5.74, 6) is -0.209. The minimum atomic E-state index is -4.41. The van der Waals surface area contributed by atoms with Crippen molar-refractivity contribution in [1.29, 1.82) is 0 Å². The monoisotopic (exact) mass is 460 g/mol. The number of aromatic nitrogens is 1. The molecule has 6 nitrogen and oxygen atoms in total. The average Bonchev–Trinajstić information content (AvgIpc) is 3.06. The van der Waals surface area contributed by atoms with E-state index in [9.17, 15) is 22.8 Å². The summed E-state index contributed by atoms with van der Waals surface area (Å²) in [6, 6.07) is 13.1. The third-order valence-electron chi connectivity index (χ3n) is 5.29. The molecule has 0 saturated carbocycles. The number of para-hydroxylation sites is 1. The summed E-state index contributed by atoms with van der Waals surface area (Å²) in [6.07, 6.45) is 0. The van der Waals surface area contributed by atoms with Crippen LogP contribution in [0.1, 0.15) is 18.4 Å². The van der Waals surface area contributed by atoms with Crippen molar-refractivity contribution in [2.24, 2.45) is 0 Å². The Bertz CT molecular complexity index is 1180. The zero-order chi connectivity index (χ0) is 23.0. The van der Waals surface area contributed by atoms with E-state index in [2.05, 4.69) is 15.6 Å². The number of imide groups is 1. The highest BCUT2D eigenvalue weighted by Crippen LogP contribution is 2.38. The van der Waals surface area contributed by atoms with Gasteiger partial charge in [0.2, 0.25) is 0 Å². The van der Waals surface area contributed by atoms with Gasteiger partial charge in [-0.2, -0.15) is 13.2 Å². The molecule has 3 amide bonds. The lowest BCUT2D eigenvalue weighted by atomic mass is 9.90. The topological polar surface area (TPSA) is 74.3 Å². The van der Waals surface area contributed by atoms with Crippen LogP contribution < -0.4 is 15.5 Å². The summed E-state index contributed by atoms with van der Waals surface area (Å²) in [6.45, 7) is 1.84. The molecule has 1 aliphatic heterocycles. The first-order chi connectivity index (χ1) is 15.2. The van der Waals surface area contributed by atoms with Crippen molar-refractivity contribution < 1.29 is 22.8 Å². The van der Waals surface area contributed by atoms with E-state index >= 15 is 0 Å². The largest absolute Gasteiger partial charge is 0.446 e. The van der Waals surface area contributed by atoms with Crippen LogP contribution in [0.2, 0.25) is 0 Å². The molecule has 1 fully saturated rings. The van der Waals surface area contributed by atoms with Gasteiger partial charge in [0.25, 0.3) is 5.91 Å². The van der Waals surface area contributed by atoms with E-state index in [1.807, 2.05) is 37.3 Å². The van der Waals surface area contributed by atoms with Gasteiger partial charge in [0.1, 0.15) is 11.9 Å². The van der Waals surface area contributed by atoms with Crippen molar-refractivity contribution in [2.75, 3.05) is 17.3 Å². The van der Waals surface area contributed by atoms with Gasteiger partial charge in [-0.3, -0.25) is 4.79 Å². The minimum absolute atomic E-state index is 0.0268. The maximum absolute atomic E-state index is 13.2. The number of benzene rings is 2. The standard InChI is InChI=1S/C22H19F3N4O2S/c1-12(16-11-18(26-2)27-17-6-4-3-5-15(16)17)19-20(30)29(21(31)28-19)13-7-9-14(10-8-13)32-22(23,24)25/h3-12,19H,1-2H3,(H,26,27)(H,28,31). The molecule has 2 aromatic carbocycles. The number of amides is 3. The molecule has 2 atom stereocenters. The quantitative estimate of drug-likeness (QED) is 0.409. The van der Waals surface area contributed by atoms with E-state index in [4.69, 9.17) is 0 Å². The molecular weight excluding hydrogens is 441 g/mol. The third-order valence-corrected chi connectivity index (χ3v) is 6.03. The second-order valence-corrected chi connectivity index (χ2v) is 8.43. The molecule has 1 aliphatic rings. The zero-order valence-electron chi connectivity index (χ0n) is 17.1. The number of anilines is 2. The van der Waals surface area contributed by atoms with E-state index in [1.165, 1.54) is 24.3 Å². The number of hydrogen-bond donors (Lipinski definition) is 2. The fourth-order valence-electron chi connectivity index (χ4n) is 3.77. The molecule has 10 heteroatoms. The van der Waals surface area contributed by atoms with E-state index in [1.54, 1.807) is 7.05 Å². The first-order valence-electron chi connectivity index (χ1n) is 9.75. The number of carbonyl (C=O) groups excluding carboxylic acids is 2. The third kappa shape index (κ3) is 4.22. The maximum Gasteiger partial charge on any atom is 0.446 e. The van der Waals surface area contributed by atoms with Gasteiger partial charge >= 0.3 is 11.5 Å². The molecule has 0 spiro atoms. The fraction of sp³-hybridized carbons (Fsp3) is 0.227. The van der Waals surface area contributed by atoms with Crippen molar-refractivity contribution in [3.63, 3.8) is 0 Å². The van der Waals surface area contributed by atoms with Gasteiger partial charge in [0.15, 0.2) is 0 Å². The first kappa shape index (κ1) is 21.9. The highest BCUT2D eigenvalue weighted by molar-refractivity contribution is 8.00. The van der Waals surface area contributed by atoms with Crippen molar-refractivity contribution >= 4 is 46.1 Å². The molecule has 2 N–H and O–H groups in total. The normalized spacial score (nSPS) is 17.5. The predicted molar refractivity (Wildman–Crippen MR) is 118 cm³/mol. The van der Waals surface area contributed by atoms with Crippen molar-refractivity contribution in [3.8, 4) is 0 Å². The molecule has 3 aromatic rings. The number of rotatable bonds is 5. The number of nitrogens with zero attached hydrogens (tertiary/aromatic N) is 2. The van der Waals surface area contributed by atoms with E-state index < -0.39 is 23.5 Å². The number of hydrogen-bond acceptors (Lipinski definition) is 5. The molecule has 2 unspecified atom stereocenters. The highest BCUT2D eigenvalue weighted by atomic mass is 32.2. The summed E-state index contributed by atoms with van der Waals surface area (Å²) in [5, 5.41) is 6.59. The minimum Gasteiger partial charge on any atom is -0.373 e. The maximum atomic E-state index is 13.2. The molecule has 4 rings (SSSR count). The van der Waals surface area contributed by atoms with Crippen LogP contribution in [0.5, 0.6) is 0 Å². The molecular formula is C22H19F3N4O2S. The highest BCUT2D eigenvalue weighted by Gasteiger charge is 2.42. The Hall–Kier alpha value is -3.27. The summed E-state index contributed by atoms with van der Waals surface area (Å²) < 4.78 is 37.7. The van der Waals surface area contributed by atoms with Gasteiger partial charge in [0, 0.05) is 23.2 Å². The first-order valence-corrected chi connectivity index (χ1v) is 10.6. The molecule has 166 valence electrons. The average molecular weight is 460 g/mol. The van der Waals surface area contributed by atoms with Gasteiger partial charge in [-0.15, -0.1) is 0 Å². The van der Waals surface area contributed by atoms with Gasteiger partial charge in [0.05, 0.1) is 11.2 Å². The fourth-order valence-corrected chi connectivity index (χ4v) is 4.30. The van der Waals surface area contributed by atoms with Gasteiger partial charge in [-0.25, -0.2) is 14.7 Å². The van der Waals surface area contributed by atoms with Crippen LogP contribution in [0.15, 0.2) is 59.5 Å². The molecule has 32 heavy (non-hydrogen) atoms. The van der Waals surface area contributed by atoms with Gasteiger partial charge in [-0.1, -0.05) is 25.1 Å². The second kappa shape index (κ2) is 8.34. The number of urea groups is 1. The summed E-state index contributed by atoms with van der Waals surface area (Å²) in [7, 11) is 1.75. The van der Waals surface area contributed by atoms with Crippen LogP contribution in [0.25, 0.3) is 10.9 Å². The van der Waals surface area contributed by atoms with Crippen molar-refractivity contribution in [1.82, 2.24) is 10.3 Å². The van der Waals surface area contributed by atoms with Crippen molar-refractivity contribution in [3.05, 3.63) is 60.2 Å². The number of thioether (sulfide) groups is 1. The molecule has 1 aromatic heterocycles. The summed E-state index contributed by atoms with van der Waals surface area (Å²) >= 11 is -0.255. The molecule has 0 aliphatic carbocycles. The SMILES string of the molecule is CNc1cc(C(C)C2NC(=O)N(c3ccc(SC(F)(F)F)cc3)C2=O)c2ccccc2n1. The van der Waals surface area contributed by atoms with E-state index in [0.717, 1.165) is 21.4 Å². The van der Waals surface area contributed by atoms with Crippen LogP contribution in [0.3, 0.4) is 0 Å². The lowest BCUT2D eigenvalue weighted by Crippen LogP contribution is -2.35. The van der Waals surface area contributed by atoms with Gasteiger partial charge < -0.3 is 10.6 Å². The Kier molecular flexibility index (Phi) is 5.72.